The van der Waals surface area contributed by atoms with E-state index in [0.29, 0.717) is 28.0 Å². The van der Waals surface area contributed by atoms with Crippen LogP contribution in [0.2, 0.25) is 0 Å². The maximum absolute atomic E-state index is 13.0. The van der Waals surface area contributed by atoms with E-state index in [2.05, 4.69) is 5.32 Å². The molecule has 0 radical (unpaired) electrons. The largest absolute Gasteiger partial charge is 0.462 e. The van der Waals surface area contributed by atoms with Gasteiger partial charge in [0, 0.05) is 16.8 Å². The van der Waals surface area contributed by atoms with E-state index in [-0.39, 0.29) is 12.2 Å². The number of hydrogen-bond acceptors (Lipinski definition) is 7. The summed E-state index contributed by atoms with van der Waals surface area (Å²) in [5, 5.41) is 2.68. The lowest BCUT2D eigenvalue weighted by Gasteiger charge is -2.14. The van der Waals surface area contributed by atoms with Gasteiger partial charge >= 0.3 is 11.9 Å². The van der Waals surface area contributed by atoms with Gasteiger partial charge in [-0.1, -0.05) is 60.7 Å². The summed E-state index contributed by atoms with van der Waals surface area (Å²) >= 11 is 0. The Balaban J connectivity index is 1.34. The first-order chi connectivity index (χ1) is 19.9. The quantitative estimate of drug-likeness (QED) is 0.227. The van der Waals surface area contributed by atoms with E-state index in [1.54, 1.807) is 49.4 Å². The minimum Gasteiger partial charge on any atom is -0.462 e. The Morgan fingerprint density at radius 1 is 0.707 bits per heavy atom. The minimum absolute atomic E-state index is 0.247. The van der Waals surface area contributed by atoms with E-state index in [0.717, 1.165) is 16.8 Å². The fraction of sp³-hybridized carbons (Fsp3) is 0.121. The number of aromatic nitrogens is 2. The van der Waals surface area contributed by atoms with Crippen LogP contribution >= 0.6 is 0 Å². The summed E-state index contributed by atoms with van der Waals surface area (Å²) in [6.07, 6.45) is -1.07. The van der Waals surface area contributed by atoms with Crippen LogP contribution in [0.15, 0.2) is 103 Å². The highest BCUT2D eigenvalue weighted by Crippen LogP contribution is 2.31. The van der Waals surface area contributed by atoms with Gasteiger partial charge < -0.3 is 14.8 Å². The summed E-state index contributed by atoms with van der Waals surface area (Å²) < 4.78 is 10.4. The average molecular weight is 546 g/mol. The van der Waals surface area contributed by atoms with Crippen LogP contribution in [0.4, 0.5) is 5.69 Å². The summed E-state index contributed by atoms with van der Waals surface area (Å²) in [6, 6.07) is 30.7. The molecule has 4 aromatic carbocycles. The molecule has 0 bridgehead atoms. The predicted octanol–water partition coefficient (Wildman–Crippen LogP) is 6.32. The van der Waals surface area contributed by atoms with E-state index < -0.39 is 23.9 Å². The van der Waals surface area contributed by atoms with Gasteiger partial charge in [0.05, 0.1) is 40.2 Å². The number of amides is 1. The Labute approximate surface area is 237 Å². The van der Waals surface area contributed by atoms with Gasteiger partial charge in [0.1, 0.15) is 0 Å². The molecule has 0 aliphatic heterocycles. The number of esters is 2. The molecular weight excluding hydrogens is 518 g/mol. The molecule has 5 aromatic rings. The lowest BCUT2D eigenvalue weighted by atomic mass is 10.0. The molecule has 0 spiro atoms. The predicted molar refractivity (Wildman–Crippen MR) is 156 cm³/mol. The lowest BCUT2D eigenvalue weighted by Crippen LogP contribution is -2.30. The highest BCUT2D eigenvalue weighted by Gasteiger charge is 2.21. The molecule has 0 saturated carbocycles. The molecule has 1 N–H and O–H groups in total. The molecule has 204 valence electrons. The minimum atomic E-state index is -1.07. The molecule has 1 atom stereocenters. The second-order valence-corrected chi connectivity index (χ2v) is 9.19. The molecule has 0 fully saturated rings. The van der Waals surface area contributed by atoms with Crippen LogP contribution in [0.5, 0.6) is 0 Å². The van der Waals surface area contributed by atoms with Crippen molar-refractivity contribution in [1.29, 1.82) is 0 Å². The SMILES string of the molecule is CCOC(=O)c1ccc(NC(=O)C(C)OC(=O)c2ccc3nc(-c4ccccc4)c(-c4ccccc4)nc3c2)cc1. The number of nitrogens with one attached hydrogen (secondary N) is 1. The topological polar surface area (TPSA) is 107 Å². The van der Waals surface area contributed by atoms with Crippen LogP contribution in [0, 0.1) is 0 Å². The second kappa shape index (κ2) is 12.2. The zero-order valence-electron chi connectivity index (χ0n) is 22.5. The number of nitrogens with zero attached hydrogens (tertiary/aromatic N) is 2. The van der Waals surface area contributed by atoms with Gasteiger partial charge in [-0.2, -0.15) is 0 Å². The zero-order chi connectivity index (χ0) is 28.8. The third-order valence-corrected chi connectivity index (χ3v) is 6.31. The van der Waals surface area contributed by atoms with Crippen molar-refractivity contribution in [3.05, 3.63) is 114 Å². The molecular formula is C33H27N3O5. The van der Waals surface area contributed by atoms with Gasteiger partial charge in [-0.05, 0) is 56.3 Å². The second-order valence-electron chi connectivity index (χ2n) is 9.19. The number of anilines is 1. The number of carbonyl (C=O) groups is 3. The molecule has 1 heterocycles. The van der Waals surface area contributed by atoms with Gasteiger partial charge in [-0.3, -0.25) is 4.79 Å². The zero-order valence-corrected chi connectivity index (χ0v) is 22.5. The first-order valence-corrected chi connectivity index (χ1v) is 13.1. The Kier molecular flexibility index (Phi) is 8.10. The van der Waals surface area contributed by atoms with Crippen molar-refractivity contribution in [3.63, 3.8) is 0 Å². The van der Waals surface area contributed by atoms with E-state index in [4.69, 9.17) is 19.4 Å². The van der Waals surface area contributed by atoms with E-state index in [1.807, 2.05) is 60.7 Å². The highest BCUT2D eigenvalue weighted by molar-refractivity contribution is 5.99. The van der Waals surface area contributed by atoms with Gasteiger partial charge in [0.15, 0.2) is 6.10 Å². The van der Waals surface area contributed by atoms with Crippen LogP contribution in [0.25, 0.3) is 33.5 Å². The van der Waals surface area contributed by atoms with Gasteiger partial charge in [-0.25, -0.2) is 19.6 Å². The van der Waals surface area contributed by atoms with Crippen LogP contribution in [0.1, 0.15) is 34.6 Å². The van der Waals surface area contributed by atoms with Crippen LogP contribution in [0.3, 0.4) is 0 Å². The number of ether oxygens (including phenoxy) is 2. The molecule has 5 rings (SSSR count). The maximum Gasteiger partial charge on any atom is 0.338 e. The van der Waals surface area contributed by atoms with Crippen LogP contribution in [-0.4, -0.2) is 40.5 Å². The smallest absolute Gasteiger partial charge is 0.338 e. The summed E-state index contributed by atoms with van der Waals surface area (Å²) in [7, 11) is 0. The molecule has 0 aliphatic carbocycles. The standard InChI is InChI=1S/C33H27N3O5/c1-3-40-32(38)24-14-17-26(18-15-24)34-31(37)21(2)41-33(39)25-16-19-27-28(20-25)36-30(23-12-8-5-9-13-23)29(35-27)22-10-6-4-7-11-22/h4-21H,3H2,1-2H3,(H,34,37). The van der Waals surface area contributed by atoms with E-state index in [9.17, 15) is 14.4 Å². The Morgan fingerprint density at radius 2 is 1.27 bits per heavy atom. The third-order valence-electron chi connectivity index (χ3n) is 6.31. The Bertz CT molecular complexity index is 1700. The molecule has 0 aliphatic rings. The summed E-state index contributed by atoms with van der Waals surface area (Å²) in [5.74, 6) is -1.62. The van der Waals surface area contributed by atoms with Crippen molar-refractivity contribution in [2.75, 3.05) is 11.9 Å². The molecule has 8 heteroatoms. The number of fused-ring (bicyclic) bond motifs is 1. The number of benzene rings is 4. The molecule has 41 heavy (non-hydrogen) atoms. The van der Waals surface area contributed by atoms with Crippen molar-refractivity contribution in [2.24, 2.45) is 0 Å². The molecule has 1 amide bonds. The van der Waals surface area contributed by atoms with Gasteiger partial charge in [0.2, 0.25) is 0 Å². The molecule has 8 nitrogen and oxygen atoms in total. The fourth-order valence-corrected chi connectivity index (χ4v) is 4.21. The van der Waals surface area contributed by atoms with Crippen molar-refractivity contribution in [3.8, 4) is 22.5 Å². The normalized spacial score (nSPS) is 11.5. The van der Waals surface area contributed by atoms with Crippen molar-refractivity contribution < 1.29 is 23.9 Å². The number of carbonyl (C=O) groups excluding carboxylic acids is 3. The summed E-state index contributed by atoms with van der Waals surface area (Å²) in [4.78, 5) is 47.2. The monoisotopic (exact) mass is 545 g/mol. The lowest BCUT2D eigenvalue weighted by molar-refractivity contribution is -0.123. The first-order valence-electron chi connectivity index (χ1n) is 13.1. The van der Waals surface area contributed by atoms with Gasteiger partial charge in [0.25, 0.3) is 5.91 Å². The maximum atomic E-state index is 13.0. The van der Waals surface area contributed by atoms with Crippen molar-refractivity contribution in [1.82, 2.24) is 9.97 Å². The van der Waals surface area contributed by atoms with E-state index >= 15 is 0 Å². The third kappa shape index (κ3) is 6.28. The summed E-state index contributed by atoms with van der Waals surface area (Å²) in [5.41, 5.74) is 5.47. The number of rotatable bonds is 8. The van der Waals surface area contributed by atoms with Gasteiger partial charge in [-0.15, -0.1) is 0 Å². The van der Waals surface area contributed by atoms with Crippen molar-refractivity contribution >= 4 is 34.6 Å². The molecule has 1 unspecified atom stereocenters. The van der Waals surface area contributed by atoms with Crippen LogP contribution < -0.4 is 5.32 Å². The van der Waals surface area contributed by atoms with E-state index in [1.165, 1.54) is 6.92 Å². The fourth-order valence-electron chi connectivity index (χ4n) is 4.21. The number of hydrogen-bond donors (Lipinski definition) is 1. The average Bonchev–Trinajstić information content (AvgIpc) is 3.01. The molecule has 0 saturated heterocycles. The molecule has 1 aromatic heterocycles. The Morgan fingerprint density at radius 3 is 1.85 bits per heavy atom. The van der Waals surface area contributed by atoms with Crippen LogP contribution in [-0.2, 0) is 14.3 Å². The Hall–Kier alpha value is -5.37. The summed E-state index contributed by atoms with van der Waals surface area (Å²) in [6.45, 7) is 3.48. The highest BCUT2D eigenvalue weighted by atomic mass is 16.5. The first kappa shape index (κ1) is 27.2. The van der Waals surface area contributed by atoms with Crippen molar-refractivity contribution in [2.45, 2.75) is 20.0 Å².